The lowest BCUT2D eigenvalue weighted by Crippen LogP contribution is -2.48. The average Bonchev–Trinajstić information content (AvgIpc) is 2.52. The lowest BCUT2D eigenvalue weighted by molar-refractivity contribution is -0.00126. The van der Waals surface area contributed by atoms with Crippen molar-refractivity contribution >= 4 is 29.2 Å². The number of hydrogen-bond acceptors (Lipinski definition) is 2. The average molecular weight is 327 g/mol. The molecule has 1 saturated carbocycles. The predicted molar refractivity (Wildman–Crippen MR) is 102 cm³/mol. The highest BCUT2D eigenvalue weighted by atomic mass is 32.1. The number of benzene rings is 1. The highest BCUT2D eigenvalue weighted by molar-refractivity contribution is 7.80. The molecule has 3 nitrogen and oxygen atoms in total. The van der Waals surface area contributed by atoms with Crippen LogP contribution in [-0.4, -0.2) is 11.3 Å². The first kappa shape index (κ1) is 16.2. The van der Waals surface area contributed by atoms with E-state index in [2.05, 4.69) is 55.7 Å². The number of hydrazone groups is 1. The SMILES string of the molecule is Cc1cccc(NC(=S)NN=CC2=CCC3CC2C3(C)C)c1C. The van der Waals surface area contributed by atoms with Gasteiger partial charge in [-0.05, 0) is 78.9 Å². The maximum Gasteiger partial charge on any atom is 0.191 e. The minimum Gasteiger partial charge on any atom is -0.331 e. The second-order valence-corrected chi connectivity index (χ2v) is 7.73. The summed E-state index contributed by atoms with van der Waals surface area (Å²) in [5, 5.41) is 8.08. The van der Waals surface area contributed by atoms with Crippen molar-refractivity contribution in [3.63, 3.8) is 0 Å². The number of thiocarbonyl (C=S) groups is 1. The Hall–Kier alpha value is -1.68. The molecule has 0 heterocycles. The molecule has 0 aromatic heterocycles. The zero-order valence-electron chi connectivity index (χ0n) is 14.3. The molecule has 0 saturated heterocycles. The number of anilines is 1. The molecule has 2 bridgehead atoms. The second-order valence-electron chi connectivity index (χ2n) is 7.32. The number of aryl methyl sites for hydroxylation is 1. The summed E-state index contributed by atoms with van der Waals surface area (Å²) >= 11 is 5.33. The van der Waals surface area contributed by atoms with Crippen LogP contribution in [0.15, 0.2) is 34.9 Å². The van der Waals surface area contributed by atoms with E-state index in [0.29, 0.717) is 16.4 Å². The van der Waals surface area contributed by atoms with Gasteiger partial charge in [0.15, 0.2) is 5.11 Å². The van der Waals surface area contributed by atoms with Gasteiger partial charge in [0.05, 0.1) is 6.21 Å². The van der Waals surface area contributed by atoms with Gasteiger partial charge in [-0.3, -0.25) is 5.43 Å². The topological polar surface area (TPSA) is 36.4 Å². The smallest absolute Gasteiger partial charge is 0.191 e. The first-order valence-corrected chi connectivity index (χ1v) is 8.66. The fraction of sp³-hybridized carbons (Fsp3) is 0.474. The molecule has 0 radical (unpaired) electrons. The maximum atomic E-state index is 5.33. The summed E-state index contributed by atoms with van der Waals surface area (Å²) in [5.74, 6) is 1.50. The van der Waals surface area contributed by atoms with Gasteiger partial charge >= 0.3 is 0 Å². The van der Waals surface area contributed by atoms with Crippen molar-refractivity contribution in [3.8, 4) is 0 Å². The molecule has 1 aromatic carbocycles. The molecule has 3 aliphatic rings. The Bertz CT molecular complexity index is 688. The van der Waals surface area contributed by atoms with E-state index in [1.54, 1.807) is 0 Å². The summed E-state index contributed by atoms with van der Waals surface area (Å²) in [6.45, 7) is 8.92. The number of allylic oxidation sites excluding steroid dienone is 2. The van der Waals surface area contributed by atoms with Gasteiger partial charge in [0.25, 0.3) is 0 Å². The third-order valence-corrected chi connectivity index (χ3v) is 5.94. The van der Waals surface area contributed by atoms with Crippen molar-refractivity contribution in [2.45, 2.75) is 40.5 Å². The molecular weight excluding hydrogens is 302 g/mol. The van der Waals surface area contributed by atoms with E-state index < -0.39 is 0 Å². The van der Waals surface area contributed by atoms with Crippen molar-refractivity contribution in [3.05, 3.63) is 41.0 Å². The van der Waals surface area contributed by atoms with Crippen molar-refractivity contribution in [1.29, 1.82) is 0 Å². The van der Waals surface area contributed by atoms with Gasteiger partial charge < -0.3 is 5.32 Å². The molecule has 1 fully saturated rings. The van der Waals surface area contributed by atoms with Gasteiger partial charge in [-0.25, -0.2) is 0 Å². The Balaban J connectivity index is 1.57. The van der Waals surface area contributed by atoms with Crippen LogP contribution in [0.3, 0.4) is 0 Å². The highest BCUT2D eigenvalue weighted by Crippen LogP contribution is 2.58. The standard InChI is InChI=1S/C19H25N3S/c1-12-6-5-7-17(13(12)2)21-18(23)22-20-11-14-8-9-15-10-16(14)19(15,3)4/h5-8,11,15-16H,9-10H2,1-4H3,(H2,21,22,23). The van der Waals surface area contributed by atoms with Crippen molar-refractivity contribution in [1.82, 2.24) is 5.43 Å². The van der Waals surface area contributed by atoms with Crippen LogP contribution < -0.4 is 10.7 Å². The van der Waals surface area contributed by atoms with E-state index in [0.717, 1.165) is 11.6 Å². The van der Waals surface area contributed by atoms with Crippen LogP contribution in [0.2, 0.25) is 0 Å². The van der Waals surface area contributed by atoms with E-state index in [4.69, 9.17) is 12.2 Å². The molecule has 1 aromatic rings. The van der Waals surface area contributed by atoms with Crippen LogP contribution >= 0.6 is 12.2 Å². The summed E-state index contributed by atoms with van der Waals surface area (Å²) in [7, 11) is 0. The minimum atomic E-state index is 0.424. The molecule has 2 unspecified atom stereocenters. The Labute approximate surface area is 144 Å². The fourth-order valence-electron chi connectivity index (χ4n) is 3.75. The predicted octanol–water partition coefficient (Wildman–Crippen LogP) is 4.57. The molecule has 2 N–H and O–H groups in total. The molecule has 122 valence electrons. The lowest BCUT2D eigenvalue weighted by atomic mass is 9.49. The van der Waals surface area contributed by atoms with Crippen LogP contribution in [0.4, 0.5) is 5.69 Å². The van der Waals surface area contributed by atoms with Gasteiger partial charge in [0, 0.05) is 5.69 Å². The van der Waals surface area contributed by atoms with Crippen LogP contribution in [0.25, 0.3) is 0 Å². The molecular formula is C19H25N3S. The van der Waals surface area contributed by atoms with Gasteiger partial charge in [-0.15, -0.1) is 0 Å². The molecule has 0 spiro atoms. The number of rotatable bonds is 3. The van der Waals surface area contributed by atoms with E-state index in [1.165, 1.54) is 29.5 Å². The van der Waals surface area contributed by atoms with Gasteiger partial charge in [-0.1, -0.05) is 32.1 Å². The molecule has 23 heavy (non-hydrogen) atoms. The first-order valence-electron chi connectivity index (χ1n) is 8.26. The third kappa shape index (κ3) is 3.05. The van der Waals surface area contributed by atoms with Gasteiger partial charge in [0.2, 0.25) is 0 Å². The van der Waals surface area contributed by atoms with Crippen molar-refractivity contribution < 1.29 is 0 Å². The normalized spacial score (nSPS) is 24.8. The van der Waals surface area contributed by atoms with Crippen LogP contribution in [-0.2, 0) is 0 Å². The number of fused-ring (bicyclic) bond motifs is 1. The zero-order valence-corrected chi connectivity index (χ0v) is 15.1. The Morgan fingerprint density at radius 3 is 2.83 bits per heavy atom. The van der Waals surface area contributed by atoms with Crippen molar-refractivity contribution in [2.75, 3.05) is 5.32 Å². The van der Waals surface area contributed by atoms with E-state index >= 15 is 0 Å². The quantitative estimate of drug-likeness (QED) is 0.485. The molecule has 2 atom stereocenters. The second kappa shape index (κ2) is 6.08. The fourth-order valence-corrected chi connectivity index (χ4v) is 3.91. The Morgan fingerprint density at radius 1 is 1.35 bits per heavy atom. The monoisotopic (exact) mass is 327 g/mol. The van der Waals surface area contributed by atoms with Crippen molar-refractivity contribution in [2.24, 2.45) is 22.4 Å². The molecule has 0 amide bonds. The Morgan fingerprint density at radius 2 is 2.13 bits per heavy atom. The summed E-state index contributed by atoms with van der Waals surface area (Å²) in [4.78, 5) is 0. The van der Waals surface area contributed by atoms with Crippen LogP contribution in [0, 0.1) is 31.1 Å². The van der Waals surface area contributed by atoms with Gasteiger partial charge in [0.1, 0.15) is 0 Å². The van der Waals surface area contributed by atoms with Gasteiger partial charge in [-0.2, -0.15) is 5.10 Å². The molecule has 0 aliphatic heterocycles. The minimum absolute atomic E-state index is 0.424. The summed E-state index contributed by atoms with van der Waals surface area (Å²) in [5.41, 5.74) is 8.19. The third-order valence-electron chi connectivity index (χ3n) is 5.74. The molecule has 4 heteroatoms. The summed E-state index contributed by atoms with van der Waals surface area (Å²) in [6.07, 6.45) is 6.75. The summed E-state index contributed by atoms with van der Waals surface area (Å²) in [6, 6.07) is 6.15. The highest BCUT2D eigenvalue weighted by Gasteiger charge is 2.50. The maximum absolute atomic E-state index is 5.33. The number of hydrogen-bond donors (Lipinski definition) is 2. The van der Waals surface area contributed by atoms with E-state index in [9.17, 15) is 0 Å². The summed E-state index contributed by atoms with van der Waals surface area (Å²) < 4.78 is 0. The number of nitrogens with zero attached hydrogens (tertiary/aromatic N) is 1. The molecule has 4 rings (SSSR count). The number of nitrogens with one attached hydrogen (secondary N) is 2. The first-order chi connectivity index (χ1) is 10.9. The van der Waals surface area contributed by atoms with Crippen LogP contribution in [0.1, 0.15) is 37.8 Å². The Kier molecular flexibility index (Phi) is 4.28. The molecule has 3 aliphatic carbocycles. The largest absolute Gasteiger partial charge is 0.331 e. The van der Waals surface area contributed by atoms with E-state index in [-0.39, 0.29) is 0 Å². The van der Waals surface area contributed by atoms with Crippen LogP contribution in [0.5, 0.6) is 0 Å². The zero-order chi connectivity index (χ0) is 16.6. The lowest BCUT2D eigenvalue weighted by Gasteiger charge is -2.55. The van der Waals surface area contributed by atoms with E-state index in [1.807, 2.05) is 18.3 Å².